The maximum atomic E-state index is 12.8. The first-order chi connectivity index (χ1) is 11.5. The van der Waals surface area contributed by atoms with Gasteiger partial charge in [-0.1, -0.05) is 18.6 Å². The summed E-state index contributed by atoms with van der Waals surface area (Å²) in [6, 6.07) is 10.0. The van der Waals surface area contributed by atoms with Crippen molar-refractivity contribution in [3.63, 3.8) is 0 Å². The fourth-order valence-corrected chi connectivity index (χ4v) is 3.35. The molecular formula is C19H26N4O. The highest BCUT2D eigenvalue weighted by Crippen LogP contribution is 2.15. The molecule has 1 aromatic heterocycles. The number of likely N-dealkylation sites (tertiary alicyclic amines) is 1. The Bertz CT molecular complexity index is 722. The Morgan fingerprint density at radius 1 is 1.29 bits per heavy atom. The quantitative estimate of drug-likeness (QED) is 0.942. The van der Waals surface area contributed by atoms with Crippen LogP contribution in [0.25, 0.3) is 0 Å². The molecular weight excluding hydrogens is 300 g/mol. The van der Waals surface area contributed by atoms with Crippen molar-refractivity contribution < 1.29 is 4.79 Å². The van der Waals surface area contributed by atoms with Crippen LogP contribution in [0.15, 0.2) is 30.3 Å². The summed E-state index contributed by atoms with van der Waals surface area (Å²) in [5.41, 5.74) is 10.1. The predicted molar refractivity (Wildman–Crippen MR) is 95.0 cm³/mol. The zero-order valence-corrected chi connectivity index (χ0v) is 14.5. The molecule has 1 amide bonds. The molecule has 3 rings (SSSR count). The summed E-state index contributed by atoms with van der Waals surface area (Å²) in [7, 11) is 0. The molecule has 0 aliphatic carbocycles. The SMILES string of the molecule is Cc1cc(C)n(Cc2cccc(C(=O)N3CCCC[C@@H](N)C3)c2)n1. The van der Waals surface area contributed by atoms with Crippen LogP contribution in [0, 0.1) is 13.8 Å². The number of aryl methyl sites for hydroxylation is 2. The number of hydrogen-bond acceptors (Lipinski definition) is 3. The highest BCUT2D eigenvalue weighted by Gasteiger charge is 2.21. The molecule has 1 aliphatic rings. The highest BCUT2D eigenvalue weighted by molar-refractivity contribution is 5.94. The number of hydrogen-bond donors (Lipinski definition) is 1. The second kappa shape index (κ2) is 7.18. The zero-order valence-electron chi connectivity index (χ0n) is 14.5. The van der Waals surface area contributed by atoms with E-state index in [1.54, 1.807) is 0 Å². The van der Waals surface area contributed by atoms with E-state index in [-0.39, 0.29) is 11.9 Å². The van der Waals surface area contributed by atoms with Crippen LogP contribution in [0.1, 0.15) is 46.6 Å². The second-order valence-electron chi connectivity index (χ2n) is 6.79. The van der Waals surface area contributed by atoms with Crippen molar-refractivity contribution in [3.05, 3.63) is 52.8 Å². The minimum atomic E-state index is 0.0857. The van der Waals surface area contributed by atoms with E-state index < -0.39 is 0 Å². The van der Waals surface area contributed by atoms with Crippen molar-refractivity contribution in [2.75, 3.05) is 13.1 Å². The van der Waals surface area contributed by atoms with Gasteiger partial charge in [-0.15, -0.1) is 0 Å². The lowest BCUT2D eigenvalue weighted by Crippen LogP contribution is -2.39. The van der Waals surface area contributed by atoms with E-state index in [0.717, 1.165) is 48.3 Å². The van der Waals surface area contributed by atoms with Gasteiger partial charge in [0.2, 0.25) is 0 Å². The summed E-state index contributed by atoms with van der Waals surface area (Å²) in [5, 5.41) is 4.50. The van der Waals surface area contributed by atoms with E-state index in [1.807, 2.05) is 47.7 Å². The number of amides is 1. The van der Waals surface area contributed by atoms with Crippen molar-refractivity contribution in [2.45, 2.75) is 45.7 Å². The van der Waals surface area contributed by atoms with Crippen LogP contribution in [-0.4, -0.2) is 39.7 Å². The molecule has 24 heavy (non-hydrogen) atoms. The number of benzene rings is 1. The topological polar surface area (TPSA) is 64.2 Å². The highest BCUT2D eigenvalue weighted by atomic mass is 16.2. The molecule has 2 heterocycles. The normalized spacial score (nSPS) is 18.5. The molecule has 128 valence electrons. The zero-order chi connectivity index (χ0) is 17.1. The number of aromatic nitrogens is 2. The van der Waals surface area contributed by atoms with Gasteiger partial charge in [-0.05, 0) is 50.5 Å². The van der Waals surface area contributed by atoms with E-state index in [2.05, 4.69) is 11.2 Å². The lowest BCUT2D eigenvalue weighted by atomic mass is 10.1. The van der Waals surface area contributed by atoms with Gasteiger partial charge in [0.1, 0.15) is 0 Å². The van der Waals surface area contributed by atoms with Gasteiger partial charge < -0.3 is 10.6 Å². The summed E-state index contributed by atoms with van der Waals surface area (Å²) in [5.74, 6) is 0.0857. The molecule has 1 aliphatic heterocycles. The van der Waals surface area contributed by atoms with Gasteiger partial charge in [-0.3, -0.25) is 9.48 Å². The molecule has 1 saturated heterocycles. The molecule has 2 aromatic rings. The standard InChI is InChI=1S/C19H26N4O/c1-14-10-15(2)23(21-14)12-16-6-5-7-17(11-16)19(24)22-9-4-3-8-18(20)13-22/h5-7,10-11,18H,3-4,8-9,12-13,20H2,1-2H3/t18-/m1/s1. The Morgan fingerprint density at radius 3 is 2.88 bits per heavy atom. The first-order valence-corrected chi connectivity index (χ1v) is 8.68. The van der Waals surface area contributed by atoms with Crippen LogP contribution in [0.5, 0.6) is 0 Å². The first-order valence-electron chi connectivity index (χ1n) is 8.68. The molecule has 1 atom stereocenters. The molecule has 0 unspecified atom stereocenters. The van der Waals surface area contributed by atoms with Gasteiger partial charge in [-0.2, -0.15) is 5.10 Å². The van der Waals surface area contributed by atoms with Crippen molar-refractivity contribution >= 4 is 5.91 Å². The van der Waals surface area contributed by atoms with E-state index in [4.69, 9.17) is 5.73 Å². The van der Waals surface area contributed by atoms with Gasteiger partial charge >= 0.3 is 0 Å². The molecule has 0 saturated carbocycles. The van der Waals surface area contributed by atoms with Crippen LogP contribution in [0.3, 0.4) is 0 Å². The van der Waals surface area contributed by atoms with Gasteiger partial charge in [0.15, 0.2) is 0 Å². The third-order valence-corrected chi connectivity index (χ3v) is 4.60. The number of nitrogens with two attached hydrogens (primary N) is 1. The number of rotatable bonds is 3. The summed E-state index contributed by atoms with van der Waals surface area (Å²) < 4.78 is 1.97. The molecule has 2 N–H and O–H groups in total. The van der Waals surface area contributed by atoms with Gasteiger partial charge in [0, 0.05) is 30.4 Å². The van der Waals surface area contributed by atoms with Crippen LogP contribution in [-0.2, 0) is 6.54 Å². The third-order valence-electron chi connectivity index (χ3n) is 4.60. The van der Waals surface area contributed by atoms with E-state index in [1.165, 1.54) is 0 Å². The maximum Gasteiger partial charge on any atom is 0.253 e. The molecule has 5 nitrogen and oxygen atoms in total. The molecule has 0 bridgehead atoms. The lowest BCUT2D eigenvalue weighted by molar-refractivity contribution is 0.0755. The molecule has 0 radical (unpaired) electrons. The van der Waals surface area contributed by atoms with Crippen molar-refractivity contribution in [2.24, 2.45) is 5.73 Å². The average molecular weight is 326 g/mol. The largest absolute Gasteiger partial charge is 0.337 e. The fraction of sp³-hybridized carbons (Fsp3) is 0.474. The minimum absolute atomic E-state index is 0.0857. The van der Waals surface area contributed by atoms with Crippen LogP contribution < -0.4 is 5.73 Å². The van der Waals surface area contributed by atoms with E-state index in [0.29, 0.717) is 13.1 Å². The maximum absolute atomic E-state index is 12.8. The summed E-state index contributed by atoms with van der Waals surface area (Å²) in [6.45, 7) is 6.18. The average Bonchev–Trinajstić information content (AvgIpc) is 2.74. The Kier molecular flexibility index (Phi) is 5.00. The van der Waals surface area contributed by atoms with Crippen LogP contribution in [0.2, 0.25) is 0 Å². The number of carbonyl (C=O) groups is 1. The first kappa shape index (κ1) is 16.7. The fourth-order valence-electron chi connectivity index (χ4n) is 3.35. The van der Waals surface area contributed by atoms with Gasteiger partial charge in [-0.25, -0.2) is 0 Å². The minimum Gasteiger partial charge on any atom is -0.337 e. The molecule has 1 aromatic carbocycles. The van der Waals surface area contributed by atoms with Crippen molar-refractivity contribution in [1.29, 1.82) is 0 Å². The summed E-state index contributed by atoms with van der Waals surface area (Å²) in [4.78, 5) is 14.7. The van der Waals surface area contributed by atoms with Gasteiger partial charge in [0.05, 0.1) is 12.2 Å². The Hall–Kier alpha value is -2.14. The number of carbonyl (C=O) groups excluding carboxylic acids is 1. The number of nitrogens with zero attached hydrogens (tertiary/aromatic N) is 3. The lowest BCUT2D eigenvalue weighted by Gasteiger charge is -2.23. The second-order valence-corrected chi connectivity index (χ2v) is 6.79. The molecule has 5 heteroatoms. The Labute approximate surface area is 143 Å². The van der Waals surface area contributed by atoms with E-state index in [9.17, 15) is 4.79 Å². The Balaban J connectivity index is 1.77. The van der Waals surface area contributed by atoms with Crippen LogP contribution in [0.4, 0.5) is 0 Å². The monoisotopic (exact) mass is 326 g/mol. The van der Waals surface area contributed by atoms with E-state index >= 15 is 0 Å². The summed E-state index contributed by atoms with van der Waals surface area (Å²) >= 11 is 0. The van der Waals surface area contributed by atoms with Gasteiger partial charge in [0.25, 0.3) is 5.91 Å². The third kappa shape index (κ3) is 3.85. The Morgan fingerprint density at radius 2 is 2.12 bits per heavy atom. The predicted octanol–water partition coefficient (Wildman–Crippen LogP) is 2.50. The van der Waals surface area contributed by atoms with Crippen LogP contribution >= 0.6 is 0 Å². The molecule has 0 spiro atoms. The smallest absolute Gasteiger partial charge is 0.253 e. The van der Waals surface area contributed by atoms with Crippen molar-refractivity contribution in [3.8, 4) is 0 Å². The molecule has 1 fully saturated rings. The summed E-state index contributed by atoms with van der Waals surface area (Å²) in [6.07, 6.45) is 3.13. The van der Waals surface area contributed by atoms with Crippen molar-refractivity contribution in [1.82, 2.24) is 14.7 Å².